The summed E-state index contributed by atoms with van der Waals surface area (Å²) < 4.78 is 2.24. The van der Waals surface area contributed by atoms with E-state index >= 15 is 0 Å². The average Bonchev–Trinajstić information content (AvgIpc) is 3.31. The van der Waals surface area contributed by atoms with E-state index in [0.717, 1.165) is 33.6 Å². The van der Waals surface area contributed by atoms with Crippen molar-refractivity contribution < 1.29 is 0 Å². The van der Waals surface area contributed by atoms with Gasteiger partial charge in [-0.3, -0.25) is 4.57 Å². The van der Waals surface area contributed by atoms with E-state index < -0.39 is 0 Å². The first-order valence-corrected chi connectivity index (χ1v) is 12.5. The minimum atomic E-state index is 0.838. The molecule has 0 radical (unpaired) electrons. The van der Waals surface area contributed by atoms with Crippen LogP contribution in [-0.4, -0.2) is 14.5 Å². The molecule has 1 aliphatic rings. The van der Waals surface area contributed by atoms with Gasteiger partial charge in [0, 0.05) is 22.7 Å². The molecular formula is C34H21N3. The largest absolute Gasteiger partial charge is 0.299 e. The summed E-state index contributed by atoms with van der Waals surface area (Å²) in [5.74, 6) is 0.838. The second-order valence-corrected chi connectivity index (χ2v) is 9.45. The van der Waals surface area contributed by atoms with Crippen molar-refractivity contribution in [1.82, 2.24) is 14.5 Å². The zero-order valence-corrected chi connectivity index (χ0v) is 20.0. The normalized spacial score (nSPS) is 11.8. The number of aromatic nitrogens is 3. The smallest absolute Gasteiger partial charge is 0.164 e. The van der Waals surface area contributed by atoms with E-state index in [9.17, 15) is 0 Å². The molecular weight excluding hydrogens is 450 g/mol. The van der Waals surface area contributed by atoms with E-state index in [1.807, 2.05) is 30.3 Å². The summed E-state index contributed by atoms with van der Waals surface area (Å²) in [4.78, 5) is 10.3. The molecule has 8 rings (SSSR count). The molecule has 37 heavy (non-hydrogen) atoms. The molecule has 3 heteroatoms. The summed E-state index contributed by atoms with van der Waals surface area (Å²) in [5.41, 5.74) is 12.3. The maximum Gasteiger partial charge on any atom is 0.164 e. The van der Waals surface area contributed by atoms with Crippen LogP contribution < -0.4 is 0 Å². The number of benzene rings is 5. The number of nitrogens with zero attached hydrogens (tertiary/aromatic N) is 3. The summed E-state index contributed by atoms with van der Waals surface area (Å²) in [6.07, 6.45) is 2.25. The van der Waals surface area contributed by atoms with Crippen LogP contribution in [0.15, 0.2) is 128 Å². The topological polar surface area (TPSA) is 30.7 Å². The maximum atomic E-state index is 5.19. The second kappa shape index (κ2) is 7.74. The van der Waals surface area contributed by atoms with E-state index in [4.69, 9.17) is 9.97 Å². The van der Waals surface area contributed by atoms with E-state index in [-0.39, 0.29) is 0 Å². The first kappa shape index (κ1) is 20.2. The van der Waals surface area contributed by atoms with Crippen LogP contribution in [0.2, 0.25) is 0 Å². The van der Waals surface area contributed by atoms with Gasteiger partial charge in [-0.05, 0) is 46.0 Å². The molecule has 2 heterocycles. The Bertz CT molecular complexity index is 1980. The van der Waals surface area contributed by atoms with Gasteiger partial charge in [0.15, 0.2) is 5.82 Å². The number of hydrogen-bond acceptors (Lipinski definition) is 2. The lowest BCUT2D eigenvalue weighted by Crippen LogP contribution is -2.02. The third kappa shape index (κ3) is 2.95. The molecule has 3 nitrogen and oxygen atoms in total. The average molecular weight is 472 g/mol. The molecule has 172 valence electrons. The van der Waals surface area contributed by atoms with Crippen LogP contribution in [0, 0.1) is 0 Å². The summed E-state index contributed by atoms with van der Waals surface area (Å²) in [6, 6.07) is 42.5. The molecule has 0 saturated heterocycles. The SMILES string of the molecule is c1ccc(-c2nc3ccccc3nc2-n2cc3c4c(cccc42)-c2ccccc2-c2ccccc2-3)cc1. The zero-order chi connectivity index (χ0) is 24.3. The molecule has 0 fully saturated rings. The van der Waals surface area contributed by atoms with Crippen LogP contribution in [0.1, 0.15) is 0 Å². The first-order chi connectivity index (χ1) is 18.4. The Hall–Kier alpha value is -5.02. The van der Waals surface area contributed by atoms with Crippen molar-refractivity contribution in [2.45, 2.75) is 0 Å². The fraction of sp³-hybridized carbons (Fsp3) is 0. The van der Waals surface area contributed by atoms with Gasteiger partial charge < -0.3 is 0 Å². The van der Waals surface area contributed by atoms with Crippen molar-refractivity contribution in [3.8, 4) is 50.5 Å². The molecule has 0 amide bonds. The molecule has 2 aromatic heterocycles. The molecule has 0 atom stereocenters. The highest BCUT2D eigenvalue weighted by Crippen LogP contribution is 2.48. The van der Waals surface area contributed by atoms with Gasteiger partial charge in [0.25, 0.3) is 0 Å². The van der Waals surface area contributed by atoms with Crippen LogP contribution in [0.4, 0.5) is 0 Å². The van der Waals surface area contributed by atoms with Gasteiger partial charge in [0.05, 0.1) is 16.6 Å². The summed E-state index contributed by atoms with van der Waals surface area (Å²) in [6.45, 7) is 0. The van der Waals surface area contributed by atoms with Crippen LogP contribution in [-0.2, 0) is 0 Å². The van der Waals surface area contributed by atoms with Gasteiger partial charge in [-0.2, -0.15) is 0 Å². The zero-order valence-electron chi connectivity index (χ0n) is 20.0. The molecule has 0 spiro atoms. The van der Waals surface area contributed by atoms with Crippen molar-refractivity contribution >= 4 is 21.9 Å². The Kier molecular flexibility index (Phi) is 4.23. The Morgan fingerprint density at radius 2 is 0.973 bits per heavy atom. The lowest BCUT2D eigenvalue weighted by molar-refractivity contribution is 1.04. The van der Waals surface area contributed by atoms with Gasteiger partial charge >= 0.3 is 0 Å². The van der Waals surface area contributed by atoms with E-state index in [1.54, 1.807) is 0 Å². The van der Waals surface area contributed by atoms with E-state index in [2.05, 4.69) is 102 Å². The molecule has 1 aliphatic carbocycles. The molecule has 0 aliphatic heterocycles. The van der Waals surface area contributed by atoms with Crippen molar-refractivity contribution in [1.29, 1.82) is 0 Å². The molecule has 0 unspecified atom stereocenters. The van der Waals surface area contributed by atoms with Gasteiger partial charge in [0.2, 0.25) is 0 Å². The third-order valence-electron chi connectivity index (χ3n) is 7.38. The Labute approximate surface area is 214 Å². The summed E-state index contributed by atoms with van der Waals surface area (Å²) in [5, 5.41) is 1.24. The second-order valence-electron chi connectivity index (χ2n) is 9.45. The highest BCUT2D eigenvalue weighted by molar-refractivity contribution is 6.13. The standard InChI is InChI=1S/C34H21N3/c1-2-11-22(12-3-1)33-34(36-30-19-9-8-18-29(30)35-33)37-21-28-26-16-7-5-14-24(26)23-13-4-6-15-25(23)27-17-10-20-31(37)32(27)28/h1-21H. The molecule has 5 aromatic carbocycles. The fourth-order valence-corrected chi connectivity index (χ4v) is 5.75. The summed E-state index contributed by atoms with van der Waals surface area (Å²) >= 11 is 0. The quantitative estimate of drug-likeness (QED) is 0.253. The number of para-hydroxylation sites is 2. The van der Waals surface area contributed by atoms with Gasteiger partial charge in [0.1, 0.15) is 5.69 Å². The Balaban J connectivity index is 1.52. The maximum absolute atomic E-state index is 5.19. The summed E-state index contributed by atoms with van der Waals surface area (Å²) in [7, 11) is 0. The molecule has 0 N–H and O–H groups in total. The third-order valence-corrected chi connectivity index (χ3v) is 7.38. The number of rotatable bonds is 2. The van der Waals surface area contributed by atoms with Crippen LogP contribution in [0.25, 0.3) is 72.4 Å². The monoisotopic (exact) mass is 471 g/mol. The van der Waals surface area contributed by atoms with Crippen LogP contribution in [0.3, 0.4) is 0 Å². The molecule has 0 bridgehead atoms. The van der Waals surface area contributed by atoms with Gasteiger partial charge in [-0.25, -0.2) is 9.97 Å². The minimum Gasteiger partial charge on any atom is -0.299 e. The van der Waals surface area contributed by atoms with Crippen LogP contribution in [0.5, 0.6) is 0 Å². The van der Waals surface area contributed by atoms with Gasteiger partial charge in [-0.1, -0.05) is 103 Å². The van der Waals surface area contributed by atoms with Crippen molar-refractivity contribution in [2.75, 3.05) is 0 Å². The Morgan fingerprint density at radius 3 is 1.68 bits per heavy atom. The minimum absolute atomic E-state index is 0.838. The highest BCUT2D eigenvalue weighted by Gasteiger charge is 2.25. The van der Waals surface area contributed by atoms with Crippen LogP contribution >= 0.6 is 0 Å². The predicted molar refractivity (Wildman–Crippen MR) is 152 cm³/mol. The molecule has 7 aromatic rings. The van der Waals surface area contributed by atoms with Crippen molar-refractivity contribution in [3.63, 3.8) is 0 Å². The van der Waals surface area contributed by atoms with E-state index in [0.29, 0.717) is 0 Å². The van der Waals surface area contributed by atoms with Crippen molar-refractivity contribution in [2.24, 2.45) is 0 Å². The lowest BCUT2D eigenvalue weighted by Gasteiger charge is -2.14. The first-order valence-electron chi connectivity index (χ1n) is 12.5. The predicted octanol–water partition coefficient (Wildman–Crippen LogP) is 8.56. The number of hydrogen-bond donors (Lipinski definition) is 0. The number of fused-ring (bicyclic) bond motifs is 6. The molecule has 0 saturated carbocycles. The van der Waals surface area contributed by atoms with Crippen molar-refractivity contribution in [3.05, 3.63) is 128 Å². The Morgan fingerprint density at radius 1 is 0.432 bits per heavy atom. The fourth-order valence-electron chi connectivity index (χ4n) is 5.75. The highest BCUT2D eigenvalue weighted by atomic mass is 15.1. The van der Waals surface area contributed by atoms with E-state index in [1.165, 1.54) is 38.8 Å². The van der Waals surface area contributed by atoms with Gasteiger partial charge in [-0.15, -0.1) is 0 Å². The lowest BCUT2D eigenvalue weighted by atomic mass is 9.94.